The fourth-order valence-corrected chi connectivity index (χ4v) is 5.98. The van der Waals surface area contributed by atoms with Crippen LogP contribution in [-0.4, -0.2) is 6.61 Å². The van der Waals surface area contributed by atoms with Crippen LogP contribution in [0.1, 0.15) is 54.9 Å². The second kappa shape index (κ2) is 10.1. The van der Waals surface area contributed by atoms with Gasteiger partial charge < -0.3 is 4.74 Å². The molecule has 1 heterocycles. The van der Waals surface area contributed by atoms with Crippen LogP contribution in [0.2, 0.25) is 5.02 Å². The average molecular weight is 503 g/mol. The van der Waals surface area contributed by atoms with Gasteiger partial charge in [-0.2, -0.15) is 0 Å². The molecule has 1 nitrogen and oxygen atoms in total. The predicted molar refractivity (Wildman–Crippen MR) is 158 cm³/mol. The van der Waals surface area contributed by atoms with Crippen LogP contribution >= 0.6 is 11.6 Å². The van der Waals surface area contributed by atoms with Gasteiger partial charge in [0.05, 0.1) is 0 Å². The molecule has 1 unspecified atom stereocenters. The minimum atomic E-state index is 0.377. The van der Waals surface area contributed by atoms with E-state index in [1.165, 1.54) is 49.4 Å². The van der Waals surface area contributed by atoms with Crippen LogP contribution in [0.25, 0.3) is 29.9 Å². The first-order chi connectivity index (χ1) is 18.1. The molecule has 7 rings (SSSR count). The molecule has 0 saturated heterocycles. The maximum Gasteiger partial charge on any atom is 0.126 e. The van der Waals surface area contributed by atoms with Crippen LogP contribution in [0.4, 0.5) is 0 Å². The second-order valence-corrected chi connectivity index (χ2v) is 10.6. The number of hydrogen-bond acceptors (Lipinski definition) is 1. The zero-order valence-corrected chi connectivity index (χ0v) is 22.1. The van der Waals surface area contributed by atoms with E-state index >= 15 is 0 Å². The van der Waals surface area contributed by atoms with Crippen molar-refractivity contribution in [3.05, 3.63) is 128 Å². The first kappa shape index (κ1) is 23.8. The number of hydrogen-bond donors (Lipinski definition) is 0. The number of allylic oxidation sites excluding steroid dienone is 5. The molecule has 0 spiro atoms. The van der Waals surface area contributed by atoms with E-state index in [0.29, 0.717) is 18.4 Å². The predicted octanol–water partition coefficient (Wildman–Crippen LogP) is 7.95. The number of para-hydroxylation sites is 1. The highest BCUT2D eigenvalue weighted by molar-refractivity contribution is 6.31. The molecule has 3 aliphatic carbocycles. The highest BCUT2D eigenvalue weighted by Gasteiger charge is 2.23. The molecule has 4 aliphatic rings. The van der Waals surface area contributed by atoms with Gasteiger partial charge in [0.15, 0.2) is 0 Å². The lowest BCUT2D eigenvalue weighted by atomic mass is 9.78. The van der Waals surface area contributed by atoms with E-state index in [9.17, 15) is 0 Å². The van der Waals surface area contributed by atoms with Gasteiger partial charge in [0.25, 0.3) is 0 Å². The van der Waals surface area contributed by atoms with Crippen molar-refractivity contribution < 1.29 is 4.74 Å². The Morgan fingerprint density at radius 3 is 2.59 bits per heavy atom. The molecular weight excluding hydrogens is 472 g/mol. The van der Waals surface area contributed by atoms with E-state index in [-0.39, 0.29) is 0 Å². The second-order valence-electron chi connectivity index (χ2n) is 10.2. The van der Waals surface area contributed by atoms with Gasteiger partial charge >= 0.3 is 0 Å². The van der Waals surface area contributed by atoms with Gasteiger partial charge in [0, 0.05) is 16.5 Å². The Morgan fingerprint density at radius 2 is 1.73 bits per heavy atom. The quantitative estimate of drug-likeness (QED) is 0.328. The Bertz CT molecular complexity index is 1620. The Hall–Kier alpha value is -3.55. The summed E-state index contributed by atoms with van der Waals surface area (Å²) in [5.41, 5.74) is 9.56. The van der Waals surface area contributed by atoms with Crippen LogP contribution < -0.4 is 15.2 Å². The van der Waals surface area contributed by atoms with E-state index in [1.807, 2.05) is 42.5 Å². The van der Waals surface area contributed by atoms with E-state index in [4.69, 9.17) is 16.3 Å². The van der Waals surface area contributed by atoms with Crippen LogP contribution in [0, 0.1) is 5.92 Å². The zero-order chi connectivity index (χ0) is 25.4. The molecular formula is C35H31ClO. The number of halogens is 1. The maximum absolute atomic E-state index is 6.45. The lowest BCUT2D eigenvalue weighted by molar-refractivity contribution is 0.358. The fraction of sp³-hybridized carbons (Fsp3) is 0.200. The summed E-state index contributed by atoms with van der Waals surface area (Å²) in [7, 11) is 0. The average Bonchev–Trinajstić information content (AvgIpc) is 2.94. The van der Waals surface area contributed by atoms with Crippen molar-refractivity contribution >= 4 is 41.5 Å². The molecule has 0 amide bonds. The van der Waals surface area contributed by atoms with Crippen molar-refractivity contribution in [2.24, 2.45) is 5.92 Å². The van der Waals surface area contributed by atoms with Crippen LogP contribution in [0.15, 0.2) is 90.0 Å². The molecule has 3 aromatic carbocycles. The highest BCUT2D eigenvalue weighted by Crippen LogP contribution is 2.39. The number of rotatable bonds is 1. The first-order valence-electron chi connectivity index (χ1n) is 13.1. The molecule has 3 aromatic rings. The largest absolute Gasteiger partial charge is 0.489 e. The first-order valence-corrected chi connectivity index (χ1v) is 13.5. The van der Waals surface area contributed by atoms with E-state index < -0.39 is 0 Å². The summed E-state index contributed by atoms with van der Waals surface area (Å²) in [6.45, 7) is 5.22. The van der Waals surface area contributed by atoms with Gasteiger partial charge in [0.2, 0.25) is 0 Å². The molecule has 1 aliphatic heterocycles. The van der Waals surface area contributed by atoms with E-state index in [0.717, 1.165) is 23.6 Å². The summed E-state index contributed by atoms with van der Waals surface area (Å²) in [5, 5.41) is 3.71. The van der Waals surface area contributed by atoms with Crippen molar-refractivity contribution in [2.45, 2.75) is 32.6 Å². The van der Waals surface area contributed by atoms with Crippen LogP contribution in [-0.2, 0) is 0 Å². The van der Waals surface area contributed by atoms with Gasteiger partial charge in [-0.3, -0.25) is 0 Å². The van der Waals surface area contributed by atoms with Gasteiger partial charge in [-0.1, -0.05) is 115 Å². The van der Waals surface area contributed by atoms with Crippen molar-refractivity contribution in [3.63, 3.8) is 0 Å². The molecule has 2 heteroatoms. The normalized spacial score (nSPS) is 20.5. The SMILES string of the molecule is C1=Cc2ccccc2OC1.CC1=Cc2ccc3c(c2=CC1C)=CCC1=C3C=C[C@@H](c2ccccc2Cl)C1. The van der Waals surface area contributed by atoms with Crippen molar-refractivity contribution in [3.8, 4) is 5.75 Å². The van der Waals surface area contributed by atoms with Gasteiger partial charge in [-0.25, -0.2) is 0 Å². The molecule has 0 fully saturated rings. The summed E-state index contributed by atoms with van der Waals surface area (Å²) in [6, 6.07) is 20.9. The van der Waals surface area contributed by atoms with Crippen molar-refractivity contribution in [2.75, 3.05) is 6.61 Å². The monoisotopic (exact) mass is 502 g/mol. The molecule has 0 bridgehead atoms. The molecule has 37 heavy (non-hydrogen) atoms. The Balaban J connectivity index is 0.000000210. The minimum Gasteiger partial charge on any atom is -0.489 e. The summed E-state index contributed by atoms with van der Waals surface area (Å²) in [4.78, 5) is 0. The Morgan fingerprint density at radius 1 is 0.892 bits per heavy atom. The smallest absolute Gasteiger partial charge is 0.126 e. The zero-order valence-electron chi connectivity index (χ0n) is 21.4. The van der Waals surface area contributed by atoms with Crippen LogP contribution in [0.3, 0.4) is 0 Å². The summed E-state index contributed by atoms with van der Waals surface area (Å²) < 4.78 is 5.34. The molecule has 0 aromatic heterocycles. The standard InChI is InChI=1S/C26H23Cl.C9H8O/c1-16-13-18-8-11-23-21-10-7-20(22-5-3-4-6-26(22)27)15-19(21)9-12-24(23)25(18)14-17(16)2;1-2-6-9-8(4-1)5-3-7-10-9/h3-8,10-14,17,20H,9,15H2,1-2H3;1-6H,7H2/t17?,20-;/m1./s1. The van der Waals surface area contributed by atoms with Gasteiger partial charge in [-0.15, -0.1) is 0 Å². The maximum atomic E-state index is 6.45. The highest BCUT2D eigenvalue weighted by atomic mass is 35.5. The molecule has 2 atom stereocenters. The molecule has 184 valence electrons. The summed E-state index contributed by atoms with van der Waals surface area (Å²) in [6.07, 6.45) is 18.1. The van der Waals surface area contributed by atoms with E-state index in [1.54, 1.807) is 0 Å². The van der Waals surface area contributed by atoms with Gasteiger partial charge in [0.1, 0.15) is 12.4 Å². The molecule has 0 saturated carbocycles. The van der Waals surface area contributed by atoms with Gasteiger partial charge in [-0.05, 0) is 76.6 Å². The van der Waals surface area contributed by atoms with Crippen molar-refractivity contribution in [1.29, 1.82) is 0 Å². The topological polar surface area (TPSA) is 9.23 Å². The summed E-state index contributed by atoms with van der Waals surface area (Å²) >= 11 is 6.45. The number of benzene rings is 3. The van der Waals surface area contributed by atoms with E-state index in [2.05, 4.69) is 74.6 Å². The number of fused-ring (bicyclic) bond motifs is 5. The Labute approximate surface area is 224 Å². The third-order valence-electron chi connectivity index (χ3n) is 7.88. The number of ether oxygens (including phenoxy) is 1. The van der Waals surface area contributed by atoms with Crippen LogP contribution in [0.5, 0.6) is 5.75 Å². The fourth-order valence-electron chi connectivity index (χ4n) is 5.70. The molecule has 0 N–H and O–H groups in total. The third kappa shape index (κ3) is 4.65. The minimum absolute atomic E-state index is 0.377. The summed E-state index contributed by atoms with van der Waals surface area (Å²) in [5.74, 6) is 1.88. The van der Waals surface area contributed by atoms with Crippen molar-refractivity contribution in [1.82, 2.24) is 0 Å². The lowest BCUT2D eigenvalue weighted by Gasteiger charge is -2.27. The lowest BCUT2D eigenvalue weighted by Crippen LogP contribution is -2.34. The Kier molecular flexibility index (Phi) is 6.49. The molecule has 0 radical (unpaired) electrons. The third-order valence-corrected chi connectivity index (χ3v) is 8.22.